The lowest BCUT2D eigenvalue weighted by Gasteiger charge is -2.20. The minimum atomic E-state index is -0.870. The van der Waals surface area contributed by atoms with Crippen LogP contribution in [0.2, 0.25) is 0 Å². The summed E-state index contributed by atoms with van der Waals surface area (Å²) in [4.78, 5) is 19.8. The van der Waals surface area contributed by atoms with Gasteiger partial charge in [0.25, 0.3) is 0 Å². The molecule has 1 aromatic carbocycles. The maximum absolute atomic E-state index is 9.92. The molecule has 0 heterocycles. The van der Waals surface area contributed by atoms with Gasteiger partial charge in [0, 0.05) is 12.8 Å². The topological polar surface area (TPSA) is 124 Å². The number of carboxylic acids is 2. The molecule has 0 spiro atoms. The third-order valence-corrected chi connectivity index (χ3v) is 3.90. The molecule has 0 bridgehead atoms. The molecule has 1 aromatic rings. The van der Waals surface area contributed by atoms with E-state index in [9.17, 15) is 14.7 Å². The smallest absolute Gasteiger partial charge is 0.303 e. The summed E-state index contributed by atoms with van der Waals surface area (Å²) in [5, 5.41) is 35.0. The number of unbranched alkanes of at least 4 members (excludes halogenated alkanes) is 1. The zero-order valence-electron chi connectivity index (χ0n) is 16.1. The Bertz CT molecular complexity index is 502. The van der Waals surface area contributed by atoms with E-state index >= 15 is 0 Å². The van der Waals surface area contributed by atoms with Gasteiger partial charge in [0.2, 0.25) is 0 Å². The third kappa shape index (κ3) is 14.9. The molecule has 4 N–H and O–H groups in total. The van der Waals surface area contributed by atoms with Gasteiger partial charge in [0.1, 0.15) is 0 Å². The number of hydrogen-bond acceptors (Lipinski definition) is 5. The highest BCUT2D eigenvalue weighted by atomic mass is 16.5. The van der Waals surface area contributed by atoms with Crippen LogP contribution in [0.25, 0.3) is 0 Å². The van der Waals surface area contributed by atoms with Gasteiger partial charge in [0.05, 0.1) is 25.4 Å². The van der Waals surface area contributed by atoms with Crippen molar-refractivity contribution in [1.29, 1.82) is 0 Å². The SMILES string of the molecule is CC(CO)OCC(O)C(C)Cc1ccccc1.O=C(O)CCCCC(=O)O. The Balaban J connectivity index is 0.000000580. The van der Waals surface area contributed by atoms with Crippen molar-refractivity contribution in [3.63, 3.8) is 0 Å². The molecule has 3 unspecified atom stereocenters. The predicted octanol–water partition coefficient (Wildman–Crippen LogP) is 2.34. The minimum Gasteiger partial charge on any atom is -0.481 e. The number of rotatable bonds is 12. The van der Waals surface area contributed by atoms with Crippen LogP contribution in [0.3, 0.4) is 0 Å². The fourth-order valence-corrected chi connectivity index (χ4v) is 2.15. The number of carboxylic acid groups (broad SMARTS) is 2. The van der Waals surface area contributed by atoms with Gasteiger partial charge in [-0.1, -0.05) is 37.3 Å². The Morgan fingerprint density at radius 2 is 1.52 bits per heavy atom. The maximum atomic E-state index is 9.92. The van der Waals surface area contributed by atoms with Crippen molar-refractivity contribution in [3.05, 3.63) is 35.9 Å². The second-order valence-corrected chi connectivity index (χ2v) is 6.56. The van der Waals surface area contributed by atoms with Gasteiger partial charge in [-0.05, 0) is 37.7 Å². The molecule has 0 aromatic heterocycles. The van der Waals surface area contributed by atoms with Crippen molar-refractivity contribution in [3.8, 4) is 0 Å². The number of benzene rings is 1. The van der Waals surface area contributed by atoms with Crippen LogP contribution in [-0.2, 0) is 20.7 Å². The van der Waals surface area contributed by atoms with E-state index in [2.05, 4.69) is 12.1 Å². The number of hydrogen-bond donors (Lipinski definition) is 4. The summed E-state index contributed by atoms with van der Waals surface area (Å²) < 4.78 is 5.31. The molecule has 0 radical (unpaired) electrons. The molecule has 3 atom stereocenters. The Morgan fingerprint density at radius 1 is 1.00 bits per heavy atom. The third-order valence-electron chi connectivity index (χ3n) is 3.90. The number of carbonyl (C=O) groups is 2. The Hall–Kier alpha value is -1.96. The fraction of sp³-hybridized carbons (Fsp3) is 0.600. The molecule has 7 heteroatoms. The van der Waals surface area contributed by atoms with Gasteiger partial charge in [0.15, 0.2) is 0 Å². The van der Waals surface area contributed by atoms with Crippen LogP contribution < -0.4 is 0 Å². The van der Waals surface area contributed by atoms with Gasteiger partial charge in [-0.2, -0.15) is 0 Å². The van der Waals surface area contributed by atoms with E-state index in [1.807, 2.05) is 25.1 Å². The summed E-state index contributed by atoms with van der Waals surface area (Å²) >= 11 is 0. The van der Waals surface area contributed by atoms with Gasteiger partial charge in [-0.3, -0.25) is 9.59 Å². The molecule has 0 aliphatic heterocycles. The molecule has 0 saturated heterocycles. The van der Waals surface area contributed by atoms with E-state index in [4.69, 9.17) is 20.1 Å². The lowest BCUT2D eigenvalue weighted by Crippen LogP contribution is -2.28. The first kappa shape index (κ1) is 25.0. The summed E-state index contributed by atoms with van der Waals surface area (Å²) in [7, 11) is 0. The maximum Gasteiger partial charge on any atom is 0.303 e. The molecule has 154 valence electrons. The Morgan fingerprint density at radius 3 is 1.96 bits per heavy atom. The van der Waals surface area contributed by atoms with Crippen molar-refractivity contribution in [1.82, 2.24) is 0 Å². The van der Waals surface area contributed by atoms with E-state index in [-0.39, 0.29) is 38.1 Å². The molecule has 0 aliphatic rings. The number of aliphatic hydroxyl groups excluding tert-OH is 2. The first-order valence-electron chi connectivity index (χ1n) is 9.14. The first-order valence-corrected chi connectivity index (χ1v) is 9.14. The second kappa shape index (κ2) is 15.1. The molecule has 7 nitrogen and oxygen atoms in total. The van der Waals surface area contributed by atoms with Crippen LogP contribution >= 0.6 is 0 Å². The lowest BCUT2D eigenvalue weighted by molar-refractivity contribution is -0.139. The highest BCUT2D eigenvalue weighted by molar-refractivity contribution is 5.67. The van der Waals surface area contributed by atoms with Crippen molar-refractivity contribution in [2.24, 2.45) is 5.92 Å². The van der Waals surface area contributed by atoms with E-state index in [0.29, 0.717) is 12.8 Å². The quantitative estimate of drug-likeness (QED) is 0.408. The molecule has 1 rings (SSSR count). The van der Waals surface area contributed by atoms with Crippen LogP contribution in [0.15, 0.2) is 30.3 Å². The molecule has 27 heavy (non-hydrogen) atoms. The summed E-state index contributed by atoms with van der Waals surface area (Å²) in [6.07, 6.45) is 1.14. The summed E-state index contributed by atoms with van der Waals surface area (Å²) in [5.74, 6) is -1.60. The van der Waals surface area contributed by atoms with Gasteiger partial charge in [-0.25, -0.2) is 0 Å². The number of aliphatic carboxylic acids is 2. The highest BCUT2D eigenvalue weighted by Gasteiger charge is 2.16. The molecular formula is C20H32O7. The van der Waals surface area contributed by atoms with Crippen LogP contribution in [0.4, 0.5) is 0 Å². The van der Waals surface area contributed by atoms with Gasteiger partial charge >= 0.3 is 11.9 Å². The van der Waals surface area contributed by atoms with Crippen molar-refractivity contribution in [2.75, 3.05) is 13.2 Å². The lowest BCUT2D eigenvalue weighted by atomic mass is 9.96. The number of aliphatic hydroxyl groups is 2. The van der Waals surface area contributed by atoms with E-state index < -0.39 is 18.0 Å². The second-order valence-electron chi connectivity index (χ2n) is 6.56. The summed E-state index contributed by atoms with van der Waals surface area (Å²) in [5.41, 5.74) is 1.22. The highest BCUT2D eigenvalue weighted by Crippen LogP contribution is 2.12. The van der Waals surface area contributed by atoms with E-state index in [1.165, 1.54) is 5.56 Å². The molecule has 0 fully saturated rings. The molecule has 0 saturated carbocycles. The Labute approximate surface area is 160 Å². The van der Waals surface area contributed by atoms with Crippen molar-refractivity contribution in [2.45, 2.75) is 58.2 Å². The van der Waals surface area contributed by atoms with Crippen LogP contribution in [0.5, 0.6) is 0 Å². The standard InChI is InChI=1S/C14H22O3.C6H10O4/c1-11(8-13-6-4-3-5-7-13)14(16)10-17-12(2)9-15;7-5(8)3-1-2-4-6(9)10/h3-7,11-12,14-16H,8-10H2,1-2H3;1-4H2,(H,7,8)(H,9,10). The number of ether oxygens (including phenoxy) is 1. The van der Waals surface area contributed by atoms with Crippen LogP contribution in [0.1, 0.15) is 45.1 Å². The normalized spacial score (nSPS) is 13.8. The van der Waals surface area contributed by atoms with Crippen LogP contribution in [0, 0.1) is 5.92 Å². The largest absolute Gasteiger partial charge is 0.481 e. The fourth-order valence-electron chi connectivity index (χ4n) is 2.15. The monoisotopic (exact) mass is 384 g/mol. The minimum absolute atomic E-state index is 0.0141. The zero-order valence-corrected chi connectivity index (χ0v) is 16.1. The Kier molecular flexibility index (Phi) is 14.0. The predicted molar refractivity (Wildman–Crippen MR) is 102 cm³/mol. The van der Waals surface area contributed by atoms with Gasteiger partial charge in [-0.15, -0.1) is 0 Å². The van der Waals surface area contributed by atoms with Gasteiger partial charge < -0.3 is 25.2 Å². The molecule has 0 amide bonds. The van der Waals surface area contributed by atoms with Crippen molar-refractivity contribution >= 4 is 11.9 Å². The van der Waals surface area contributed by atoms with E-state index in [0.717, 1.165) is 6.42 Å². The van der Waals surface area contributed by atoms with E-state index in [1.54, 1.807) is 6.92 Å². The summed E-state index contributed by atoms with van der Waals surface area (Å²) in [6.45, 7) is 4.05. The zero-order chi connectivity index (χ0) is 20.7. The molecule has 0 aliphatic carbocycles. The molecular weight excluding hydrogens is 352 g/mol. The first-order chi connectivity index (χ1) is 12.8. The summed E-state index contributed by atoms with van der Waals surface area (Å²) in [6, 6.07) is 10.1. The van der Waals surface area contributed by atoms with Crippen LogP contribution in [-0.4, -0.2) is 57.8 Å². The van der Waals surface area contributed by atoms with Crippen molar-refractivity contribution < 1.29 is 34.8 Å². The average Bonchev–Trinajstić information content (AvgIpc) is 2.64. The average molecular weight is 384 g/mol.